The molecule has 0 aliphatic rings. The monoisotopic (exact) mass is 555 g/mol. The minimum atomic E-state index is -5.23. The van der Waals surface area contributed by atoms with Crippen LogP contribution >= 0.6 is 0 Å². The molecular formula is C25H19F6N3O5. The third-order valence-corrected chi connectivity index (χ3v) is 5.07. The lowest BCUT2D eigenvalue weighted by molar-refractivity contribution is -0.158. The first-order chi connectivity index (χ1) is 18.1. The van der Waals surface area contributed by atoms with Crippen molar-refractivity contribution in [1.29, 1.82) is 0 Å². The van der Waals surface area contributed by atoms with Gasteiger partial charge in [0.15, 0.2) is 12.4 Å². The number of aromatic nitrogens is 1. The lowest BCUT2D eigenvalue weighted by Gasteiger charge is -2.19. The summed E-state index contributed by atoms with van der Waals surface area (Å²) in [4.78, 5) is 40.5. The van der Waals surface area contributed by atoms with Crippen molar-refractivity contribution in [2.24, 2.45) is 0 Å². The number of nitrogens with zero attached hydrogens (tertiary/aromatic N) is 1. The molecule has 0 unspecified atom stereocenters. The number of halogens is 6. The topological polar surface area (TPSA) is 118 Å². The molecule has 14 heteroatoms. The minimum absolute atomic E-state index is 0.118. The lowest BCUT2D eigenvalue weighted by atomic mass is 10.0. The Morgan fingerprint density at radius 1 is 0.923 bits per heavy atom. The Hall–Kier alpha value is -4.62. The number of carbonyl (C=O) groups is 3. The second kappa shape index (κ2) is 11.4. The number of pyridine rings is 1. The van der Waals surface area contributed by atoms with Crippen molar-refractivity contribution >= 4 is 29.2 Å². The highest BCUT2D eigenvalue weighted by Crippen LogP contribution is 2.42. The number of anilines is 2. The standard InChI is InChI=1S/C25H19F6N3O5/c1-13-7-15(5-6-32-13)14-3-2-4-16(8-14)20(35)11-22(36)33-18-9-17(25(29,30)31)21(39-12-24(26,27)28)10-19(18)34-23(37)38/h2-10,34H,11-12H2,1H3,(H,33,36)(H,37,38). The van der Waals surface area contributed by atoms with Crippen LogP contribution in [0.3, 0.4) is 0 Å². The summed E-state index contributed by atoms with van der Waals surface area (Å²) in [6.07, 6.45) is -11.3. The van der Waals surface area contributed by atoms with Crippen LogP contribution in [0.4, 0.5) is 42.5 Å². The van der Waals surface area contributed by atoms with Crippen molar-refractivity contribution in [3.05, 3.63) is 71.5 Å². The van der Waals surface area contributed by atoms with Crippen LogP contribution < -0.4 is 15.4 Å². The molecule has 2 amide bonds. The average molecular weight is 555 g/mol. The average Bonchev–Trinajstić information content (AvgIpc) is 2.82. The number of amides is 2. The van der Waals surface area contributed by atoms with Gasteiger partial charge in [0.2, 0.25) is 5.91 Å². The number of carbonyl (C=O) groups excluding carboxylic acids is 2. The predicted octanol–water partition coefficient (Wildman–Crippen LogP) is 6.32. The van der Waals surface area contributed by atoms with E-state index in [1.165, 1.54) is 12.1 Å². The van der Waals surface area contributed by atoms with Gasteiger partial charge >= 0.3 is 18.4 Å². The summed E-state index contributed by atoms with van der Waals surface area (Å²) < 4.78 is 82.4. The smallest absolute Gasteiger partial charge is 0.422 e. The molecule has 0 fully saturated rings. The number of hydrogen-bond acceptors (Lipinski definition) is 5. The summed E-state index contributed by atoms with van der Waals surface area (Å²) in [5.74, 6) is -3.12. The zero-order chi connectivity index (χ0) is 29.0. The fraction of sp³-hybridized carbons (Fsp3) is 0.200. The second-order valence-corrected chi connectivity index (χ2v) is 8.14. The Morgan fingerprint density at radius 3 is 2.21 bits per heavy atom. The van der Waals surface area contributed by atoms with Gasteiger partial charge in [-0.05, 0) is 42.3 Å². The zero-order valence-corrected chi connectivity index (χ0v) is 19.9. The maximum absolute atomic E-state index is 13.5. The van der Waals surface area contributed by atoms with Crippen molar-refractivity contribution in [3.63, 3.8) is 0 Å². The maximum Gasteiger partial charge on any atom is 0.422 e. The Morgan fingerprint density at radius 2 is 1.59 bits per heavy atom. The molecule has 1 aromatic heterocycles. The molecule has 0 bridgehead atoms. The van der Waals surface area contributed by atoms with Gasteiger partial charge in [0.25, 0.3) is 0 Å². The van der Waals surface area contributed by atoms with E-state index in [0.29, 0.717) is 11.6 Å². The van der Waals surface area contributed by atoms with Gasteiger partial charge in [-0.15, -0.1) is 0 Å². The Kier molecular flexibility index (Phi) is 8.47. The summed E-state index contributed by atoms with van der Waals surface area (Å²) >= 11 is 0. The maximum atomic E-state index is 13.5. The number of nitrogens with one attached hydrogen (secondary N) is 2. The fourth-order valence-corrected chi connectivity index (χ4v) is 3.44. The number of hydrogen-bond donors (Lipinski definition) is 3. The molecule has 3 aromatic rings. The summed E-state index contributed by atoms with van der Waals surface area (Å²) in [6, 6.07) is 10.3. The van der Waals surface area contributed by atoms with Crippen LogP contribution in [0.5, 0.6) is 5.75 Å². The zero-order valence-electron chi connectivity index (χ0n) is 19.9. The highest BCUT2D eigenvalue weighted by molar-refractivity contribution is 6.12. The van der Waals surface area contributed by atoms with Crippen molar-refractivity contribution in [2.45, 2.75) is 25.7 Å². The summed E-state index contributed by atoms with van der Waals surface area (Å²) in [5, 5.41) is 12.7. The molecule has 0 spiro atoms. The Balaban J connectivity index is 1.87. The van der Waals surface area contributed by atoms with Gasteiger partial charge in [-0.25, -0.2) is 4.79 Å². The molecule has 2 aromatic carbocycles. The number of Topliss-reactive ketones (excluding diaryl/α,β-unsaturated/α-hetero) is 1. The molecule has 39 heavy (non-hydrogen) atoms. The van der Waals surface area contributed by atoms with E-state index in [4.69, 9.17) is 5.11 Å². The summed E-state index contributed by atoms with van der Waals surface area (Å²) in [6.45, 7) is -0.309. The molecule has 206 valence electrons. The van der Waals surface area contributed by atoms with Crippen LogP contribution in [0, 0.1) is 6.92 Å². The first-order valence-corrected chi connectivity index (χ1v) is 10.9. The first-order valence-electron chi connectivity index (χ1n) is 10.9. The number of ketones is 1. The van der Waals surface area contributed by atoms with E-state index in [1.807, 2.05) is 5.32 Å². The second-order valence-electron chi connectivity index (χ2n) is 8.14. The fourth-order valence-electron chi connectivity index (χ4n) is 3.44. The third-order valence-electron chi connectivity index (χ3n) is 5.07. The molecule has 8 nitrogen and oxygen atoms in total. The molecule has 0 radical (unpaired) electrons. The van der Waals surface area contributed by atoms with E-state index in [-0.39, 0.29) is 11.6 Å². The van der Waals surface area contributed by atoms with Crippen molar-refractivity contribution in [3.8, 4) is 16.9 Å². The van der Waals surface area contributed by atoms with Crippen molar-refractivity contribution in [2.75, 3.05) is 17.2 Å². The van der Waals surface area contributed by atoms with Crippen LogP contribution in [0.15, 0.2) is 54.7 Å². The van der Waals surface area contributed by atoms with Crippen molar-refractivity contribution < 1.29 is 50.6 Å². The van der Waals surface area contributed by atoms with E-state index < -0.39 is 65.9 Å². The first kappa shape index (κ1) is 28.9. The van der Waals surface area contributed by atoms with E-state index in [0.717, 1.165) is 11.3 Å². The van der Waals surface area contributed by atoms with Crippen LogP contribution in [0.25, 0.3) is 11.1 Å². The van der Waals surface area contributed by atoms with Crippen LogP contribution in [-0.4, -0.2) is 40.7 Å². The van der Waals surface area contributed by atoms with Gasteiger partial charge in [0, 0.05) is 23.5 Å². The van der Waals surface area contributed by atoms with Crippen LogP contribution in [0.1, 0.15) is 28.0 Å². The largest absolute Gasteiger partial charge is 0.483 e. The molecule has 0 atom stereocenters. The summed E-state index contributed by atoms with van der Waals surface area (Å²) in [7, 11) is 0. The molecule has 3 rings (SSSR count). The van der Waals surface area contributed by atoms with E-state index in [2.05, 4.69) is 9.72 Å². The SMILES string of the molecule is Cc1cc(-c2cccc(C(=O)CC(=O)Nc3cc(C(F)(F)F)c(OCC(F)(F)F)cc3NC(=O)O)c2)ccn1. The molecule has 0 aliphatic heterocycles. The number of ether oxygens (including phenoxy) is 1. The molecule has 0 saturated heterocycles. The lowest BCUT2D eigenvalue weighted by Crippen LogP contribution is -2.22. The third kappa shape index (κ3) is 8.18. The van der Waals surface area contributed by atoms with Crippen LogP contribution in [-0.2, 0) is 11.0 Å². The van der Waals surface area contributed by atoms with Gasteiger partial charge in [-0.2, -0.15) is 26.3 Å². The van der Waals surface area contributed by atoms with Crippen molar-refractivity contribution in [1.82, 2.24) is 4.98 Å². The molecule has 0 aliphatic carbocycles. The Labute approximate surface area is 216 Å². The van der Waals surface area contributed by atoms with Gasteiger partial charge < -0.3 is 15.2 Å². The highest BCUT2D eigenvalue weighted by atomic mass is 19.4. The highest BCUT2D eigenvalue weighted by Gasteiger charge is 2.37. The number of aryl methyl sites for hydroxylation is 1. The van der Waals surface area contributed by atoms with E-state index in [9.17, 15) is 40.7 Å². The van der Waals surface area contributed by atoms with E-state index >= 15 is 0 Å². The molecule has 3 N–H and O–H groups in total. The summed E-state index contributed by atoms with van der Waals surface area (Å²) in [5.41, 5.74) is -0.922. The van der Waals surface area contributed by atoms with Crippen LogP contribution in [0.2, 0.25) is 0 Å². The Bertz CT molecular complexity index is 1410. The minimum Gasteiger partial charge on any atom is -0.483 e. The molecule has 0 saturated carbocycles. The number of rotatable bonds is 8. The predicted molar refractivity (Wildman–Crippen MR) is 127 cm³/mol. The van der Waals surface area contributed by atoms with Gasteiger partial charge in [0.1, 0.15) is 5.75 Å². The van der Waals surface area contributed by atoms with E-state index in [1.54, 1.807) is 42.7 Å². The van der Waals surface area contributed by atoms with Gasteiger partial charge in [0.05, 0.1) is 23.4 Å². The number of alkyl halides is 6. The normalized spacial score (nSPS) is 11.6. The van der Waals surface area contributed by atoms with Gasteiger partial charge in [-0.3, -0.25) is 19.9 Å². The molecule has 1 heterocycles. The molecular weight excluding hydrogens is 536 g/mol. The quantitative estimate of drug-likeness (QED) is 0.170. The van der Waals surface area contributed by atoms with Gasteiger partial charge in [-0.1, -0.05) is 18.2 Å². The number of benzene rings is 2. The number of carboxylic acid groups (broad SMARTS) is 1.